The lowest BCUT2D eigenvalue weighted by atomic mass is 10.1. The number of hydrogen-bond acceptors (Lipinski definition) is 6. The zero-order chi connectivity index (χ0) is 20.3. The summed E-state index contributed by atoms with van der Waals surface area (Å²) in [4.78, 5) is 35.8. The van der Waals surface area contributed by atoms with Gasteiger partial charge in [0.2, 0.25) is 5.91 Å². The third-order valence-electron chi connectivity index (χ3n) is 4.27. The molecule has 0 saturated heterocycles. The average Bonchev–Trinajstić information content (AvgIpc) is 2.96. The molecule has 0 spiro atoms. The fraction of sp³-hybridized carbons (Fsp3) is 0.211. The molecule has 0 fully saturated rings. The highest BCUT2D eigenvalue weighted by Crippen LogP contribution is 2.24. The van der Waals surface area contributed by atoms with Gasteiger partial charge in [0.15, 0.2) is 9.84 Å². The first-order valence-electron chi connectivity index (χ1n) is 8.47. The Hall–Kier alpha value is -3.20. The van der Waals surface area contributed by atoms with Gasteiger partial charge < -0.3 is 10.1 Å². The van der Waals surface area contributed by atoms with Crippen molar-refractivity contribution in [3.05, 3.63) is 53.6 Å². The van der Waals surface area contributed by atoms with E-state index in [0.717, 1.165) is 0 Å². The number of fused-ring (bicyclic) bond motifs is 1. The molecule has 3 rings (SSSR count). The first kappa shape index (κ1) is 19.6. The van der Waals surface area contributed by atoms with Gasteiger partial charge in [0.05, 0.1) is 34.6 Å². The van der Waals surface area contributed by atoms with E-state index in [-0.39, 0.29) is 40.3 Å². The van der Waals surface area contributed by atoms with Gasteiger partial charge in [-0.05, 0) is 42.8 Å². The number of hydrogen-bond donors (Lipinski definition) is 2. The zero-order valence-corrected chi connectivity index (χ0v) is 15.8. The third-order valence-corrected chi connectivity index (χ3v) is 6.09. The zero-order valence-electron chi connectivity index (χ0n) is 15.0. The SMILES string of the molecule is COc1ccc(S(=O)(=O)CCCC(=O)Nc2cccc3c2C(=O)NC3=O)cc1. The Morgan fingerprint density at radius 2 is 1.79 bits per heavy atom. The van der Waals surface area contributed by atoms with Crippen molar-refractivity contribution in [2.75, 3.05) is 18.2 Å². The minimum Gasteiger partial charge on any atom is -0.497 e. The lowest BCUT2D eigenvalue weighted by molar-refractivity contribution is -0.116. The van der Waals surface area contributed by atoms with Gasteiger partial charge in [-0.25, -0.2) is 8.42 Å². The number of amides is 3. The maximum Gasteiger partial charge on any atom is 0.261 e. The molecular weight excluding hydrogens is 384 g/mol. The van der Waals surface area contributed by atoms with Crippen LogP contribution in [0.1, 0.15) is 33.6 Å². The van der Waals surface area contributed by atoms with Crippen LogP contribution in [-0.4, -0.2) is 39.0 Å². The van der Waals surface area contributed by atoms with Gasteiger partial charge in [0.25, 0.3) is 11.8 Å². The number of ether oxygens (including phenoxy) is 1. The Balaban J connectivity index is 1.59. The van der Waals surface area contributed by atoms with Gasteiger partial charge in [0.1, 0.15) is 5.75 Å². The Morgan fingerprint density at radius 3 is 2.46 bits per heavy atom. The van der Waals surface area contributed by atoms with E-state index in [0.29, 0.717) is 5.75 Å². The minimum absolute atomic E-state index is 0.0470. The van der Waals surface area contributed by atoms with Crippen molar-refractivity contribution < 1.29 is 27.5 Å². The summed E-state index contributed by atoms with van der Waals surface area (Å²) >= 11 is 0. The first-order valence-corrected chi connectivity index (χ1v) is 10.1. The Morgan fingerprint density at radius 1 is 1.07 bits per heavy atom. The van der Waals surface area contributed by atoms with Crippen LogP contribution in [0, 0.1) is 0 Å². The summed E-state index contributed by atoms with van der Waals surface area (Å²) in [6.45, 7) is 0. The number of benzene rings is 2. The molecule has 28 heavy (non-hydrogen) atoms. The van der Waals surface area contributed by atoms with Crippen LogP contribution in [0.25, 0.3) is 0 Å². The molecule has 9 heteroatoms. The fourth-order valence-electron chi connectivity index (χ4n) is 2.86. The summed E-state index contributed by atoms with van der Waals surface area (Å²) < 4.78 is 29.7. The van der Waals surface area contributed by atoms with E-state index in [4.69, 9.17) is 4.74 Å². The molecule has 0 radical (unpaired) electrons. The molecule has 2 aromatic rings. The van der Waals surface area contributed by atoms with E-state index >= 15 is 0 Å². The number of carbonyl (C=O) groups excluding carboxylic acids is 3. The van der Waals surface area contributed by atoms with Crippen LogP contribution < -0.4 is 15.4 Å². The molecule has 1 aliphatic heterocycles. The van der Waals surface area contributed by atoms with Crippen molar-refractivity contribution in [2.24, 2.45) is 0 Å². The highest BCUT2D eigenvalue weighted by molar-refractivity contribution is 7.91. The highest BCUT2D eigenvalue weighted by Gasteiger charge is 2.29. The van der Waals surface area contributed by atoms with Crippen molar-refractivity contribution in [1.82, 2.24) is 5.32 Å². The summed E-state index contributed by atoms with van der Waals surface area (Å²) in [5.41, 5.74) is 0.542. The Kier molecular flexibility index (Phi) is 5.46. The molecule has 1 heterocycles. The van der Waals surface area contributed by atoms with Crippen molar-refractivity contribution in [1.29, 1.82) is 0 Å². The smallest absolute Gasteiger partial charge is 0.261 e. The largest absolute Gasteiger partial charge is 0.497 e. The summed E-state index contributed by atoms with van der Waals surface area (Å²) in [6.07, 6.45) is 0.0644. The topological polar surface area (TPSA) is 119 Å². The summed E-state index contributed by atoms with van der Waals surface area (Å²) in [7, 11) is -2.03. The summed E-state index contributed by atoms with van der Waals surface area (Å²) in [5, 5.41) is 4.74. The molecule has 2 aromatic carbocycles. The lowest BCUT2D eigenvalue weighted by Crippen LogP contribution is -2.21. The maximum absolute atomic E-state index is 12.3. The fourth-order valence-corrected chi connectivity index (χ4v) is 4.17. The van der Waals surface area contributed by atoms with Crippen molar-refractivity contribution in [2.45, 2.75) is 17.7 Å². The molecule has 2 N–H and O–H groups in total. The van der Waals surface area contributed by atoms with E-state index < -0.39 is 27.6 Å². The van der Waals surface area contributed by atoms with Gasteiger partial charge in [-0.15, -0.1) is 0 Å². The Labute approximate surface area is 161 Å². The van der Waals surface area contributed by atoms with Crippen LogP contribution in [0.3, 0.4) is 0 Å². The number of nitrogens with one attached hydrogen (secondary N) is 2. The second-order valence-corrected chi connectivity index (χ2v) is 8.27. The van der Waals surface area contributed by atoms with Crippen molar-refractivity contribution in [3.8, 4) is 5.75 Å². The Bertz CT molecular complexity index is 1040. The van der Waals surface area contributed by atoms with E-state index in [2.05, 4.69) is 10.6 Å². The number of rotatable bonds is 7. The minimum atomic E-state index is -3.52. The van der Waals surface area contributed by atoms with Crippen LogP contribution in [0.2, 0.25) is 0 Å². The normalized spacial score (nSPS) is 13.0. The van der Waals surface area contributed by atoms with Gasteiger partial charge in [-0.1, -0.05) is 6.07 Å². The van der Waals surface area contributed by atoms with E-state index in [9.17, 15) is 22.8 Å². The van der Waals surface area contributed by atoms with E-state index in [1.54, 1.807) is 18.2 Å². The maximum atomic E-state index is 12.3. The highest BCUT2D eigenvalue weighted by atomic mass is 32.2. The molecule has 146 valence electrons. The molecule has 3 amide bonds. The number of carbonyl (C=O) groups is 3. The molecule has 0 unspecified atom stereocenters. The second kappa shape index (κ2) is 7.81. The standard InChI is InChI=1S/C19H18N2O6S/c1-27-12-7-9-13(10-8-12)28(25,26)11-3-6-16(22)20-15-5-2-4-14-17(15)19(24)21-18(14)23/h2,4-5,7-10H,3,6,11H2,1H3,(H,20,22)(H,21,23,24). The van der Waals surface area contributed by atoms with Crippen molar-refractivity contribution in [3.63, 3.8) is 0 Å². The monoisotopic (exact) mass is 402 g/mol. The second-order valence-electron chi connectivity index (χ2n) is 6.16. The number of imide groups is 1. The molecule has 0 saturated carbocycles. The molecule has 0 aliphatic carbocycles. The molecule has 8 nitrogen and oxygen atoms in total. The van der Waals surface area contributed by atoms with Crippen LogP contribution >= 0.6 is 0 Å². The number of anilines is 1. The molecule has 0 aromatic heterocycles. The van der Waals surface area contributed by atoms with Crippen LogP contribution in [0.15, 0.2) is 47.4 Å². The van der Waals surface area contributed by atoms with Gasteiger partial charge in [-0.3, -0.25) is 19.7 Å². The summed E-state index contributed by atoms with van der Waals surface area (Å²) in [5.74, 6) is -1.17. The van der Waals surface area contributed by atoms with Crippen LogP contribution in [0.5, 0.6) is 5.75 Å². The van der Waals surface area contributed by atoms with Crippen molar-refractivity contribution >= 4 is 33.2 Å². The molecular formula is C19H18N2O6S. The predicted molar refractivity (Wildman–Crippen MR) is 101 cm³/mol. The van der Waals surface area contributed by atoms with E-state index in [1.165, 1.54) is 31.4 Å². The predicted octanol–water partition coefficient (Wildman–Crippen LogP) is 1.77. The van der Waals surface area contributed by atoms with Crippen LogP contribution in [-0.2, 0) is 14.6 Å². The molecule has 0 bridgehead atoms. The molecule has 0 atom stereocenters. The lowest BCUT2D eigenvalue weighted by Gasteiger charge is -2.09. The molecule has 1 aliphatic rings. The van der Waals surface area contributed by atoms with E-state index in [1.807, 2.05) is 0 Å². The first-order chi connectivity index (χ1) is 13.3. The average molecular weight is 402 g/mol. The van der Waals surface area contributed by atoms with Crippen LogP contribution in [0.4, 0.5) is 5.69 Å². The third kappa shape index (κ3) is 4.04. The summed E-state index contributed by atoms with van der Waals surface area (Å²) in [6, 6.07) is 10.6. The van der Waals surface area contributed by atoms with Gasteiger partial charge in [0, 0.05) is 6.42 Å². The van der Waals surface area contributed by atoms with Gasteiger partial charge in [-0.2, -0.15) is 0 Å². The number of sulfone groups is 1. The number of methoxy groups -OCH3 is 1. The quantitative estimate of drug-likeness (QED) is 0.682. The van der Waals surface area contributed by atoms with Gasteiger partial charge >= 0.3 is 0 Å².